The monoisotopic (exact) mass is 313 g/mol. The average Bonchev–Trinajstić information content (AvgIpc) is 2.90. The molecule has 1 amide bonds. The molecule has 1 aromatic rings. The number of hydrogen-bond acceptors (Lipinski definition) is 3. The molecule has 0 spiro atoms. The van der Waals surface area contributed by atoms with Gasteiger partial charge in [0.05, 0.1) is 6.42 Å². The highest BCUT2D eigenvalue weighted by Gasteiger charge is 2.31. The fraction of sp³-hybridized carbons (Fsp3) is 0.429. The van der Waals surface area contributed by atoms with E-state index in [2.05, 4.69) is 10.5 Å². The topological polar surface area (TPSA) is 87.7 Å². The summed E-state index contributed by atoms with van der Waals surface area (Å²) in [4.78, 5) is 12.0. The van der Waals surface area contributed by atoms with Crippen LogP contribution >= 0.6 is 11.6 Å². The number of benzene rings is 1. The lowest BCUT2D eigenvalue weighted by Crippen LogP contribution is -2.43. The molecule has 0 aromatic heterocycles. The van der Waals surface area contributed by atoms with Gasteiger partial charge in [-0.25, -0.2) is 4.39 Å². The van der Waals surface area contributed by atoms with Gasteiger partial charge in [-0.1, -0.05) is 29.2 Å². The Balaban J connectivity index is 2.02. The number of amidine groups is 1. The predicted octanol–water partition coefficient (Wildman–Crippen LogP) is 2.05. The van der Waals surface area contributed by atoms with Crippen LogP contribution in [0.1, 0.15) is 24.8 Å². The maximum atomic E-state index is 13.6. The zero-order valence-electron chi connectivity index (χ0n) is 11.4. The minimum atomic E-state index is -0.503. The molecule has 1 aliphatic carbocycles. The van der Waals surface area contributed by atoms with Crippen molar-refractivity contribution in [2.75, 3.05) is 0 Å². The van der Waals surface area contributed by atoms with Gasteiger partial charge >= 0.3 is 0 Å². The van der Waals surface area contributed by atoms with Gasteiger partial charge in [0.2, 0.25) is 5.91 Å². The van der Waals surface area contributed by atoms with E-state index in [0.29, 0.717) is 0 Å². The molecule has 7 heteroatoms. The van der Waals surface area contributed by atoms with Crippen molar-refractivity contribution in [3.05, 3.63) is 34.6 Å². The number of rotatable bonds is 4. The molecule has 1 fully saturated rings. The maximum Gasteiger partial charge on any atom is 0.224 e. The summed E-state index contributed by atoms with van der Waals surface area (Å²) in [7, 11) is 0. The highest BCUT2D eigenvalue weighted by Crippen LogP contribution is 2.26. The molecule has 2 atom stereocenters. The van der Waals surface area contributed by atoms with Crippen molar-refractivity contribution in [3.63, 3.8) is 0 Å². The molecule has 4 N–H and O–H groups in total. The van der Waals surface area contributed by atoms with E-state index in [-0.39, 0.29) is 40.7 Å². The molecule has 0 bridgehead atoms. The Morgan fingerprint density at radius 1 is 1.52 bits per heavy atom. The molecule has 0 saturated heterocycles. The summed E-state index contributed by atoms with van der Waals surface area (Å²) in [5.74, 6) is -0.904. The van der Waals surface area contributed by atoms with E-state index in [1.54, 1.807) is 6.07 Å². The van der Waals surface area contributed by atoms with Crippen LogP contribution < -0.4 is 11.1 Å². The van der Waals surface area contributed by atoms with Crippen LogP contribution in [0, 0.1) is 11.7 Å². The Bertz CT molecular complexity index is 545. The minimum absolute atomic E-state index is 0.113. The molecule has 21 heavy (non-hydrogen) atoms. The SMILES string of the molecule is NC(=NO)C1CCCC1NC(=O)Cc1c(F)cccc1Cl. The van der Waals surface area contributed by atoms with Gasteiger partial charge in [0, 0.05) is 22.5 Å². The number of nitrogens with one attached hydrogen (secondary N) is 1. The first-order valence-corrected chi connectivity index (χ1v) is 7.10. The number of carbonyl (C=O) groups is 1. The van der Waals surface area contributed by atoms with Gasteiger partial charge in [0.15, 0.2) is 0 Å². The van der Waals surface area contributed by atoms with Gasteiger partial charge in [-0.15, -0.1) is 0 Å². The van der Waals surface area contributed by atoms with E-state index in [9.17, 15) is 9.18 Å². The smallest absolute Gasteiger partial charge is 0.224 e. The predicted molar refractivity (Wildman–Crippen MR) is 77.8 cm³/mol. The Morgan fingerprint density at radius 2 is 2.29 bits per heavy atom. The second kappa shape index (κ2) is 6.76. The van der Waals surface area contributed by atoms with E-state index < -0.39 is 5.82 Å². The van der Waals surface area contributed by atoms with E-state index in [0.717, 1.165) is 19.3 Å². The van der Waals surface area contributed by atoms with E-state index in [1.165, 1.54) is 12.1 Å². The third kappa shape index (κ3) is 3.64. The molecule has 0 radical (unpaired) electrons. The Labute approximate surface area is 127 Å². The van der Waals surface area contributed by atoms with Crippen molar-refractivity contribution < 1.29 is 14.4 Å². The molecule has 1 aliphatic rings. The van der Waals surface area contributed by atoms with Crippen molar-refractivity contribution >= 4 is 23.3 Å². The summed E-state index contributed by atoms with van der Waals surface area (Å²) in [5, 5.41) is 14.8. The highest BCUT2D eigenvalue weighted by molar-refractivity contribution is 6.31. The fourth-order valence-electron chi connectivity index (χ4n) is 2.68. The summed E-state index contributed by atoms with van der Waals surface area (Å²) < 4.78 is 13.6. The third-order valence-corrected chi connectivity index (χ3v) is 4.11. The number of carbonyl (C=O) groups excluding carboxylic acids is 1. The molecule has 1 aromatic carbocycles. The highest BCUT2D eigenvalue weighted by atomic mass is 35.5. The van der Waals surface area contributed by atoms with Crippen LogP contribution in [-0.2, 0) is 11.2 Å². The molecule has 1 saturated carbocycles. The van der Waals surface area contributed by atoms with Gasteiger partial charge in [-0.05, 0) is 25.0 Å². The number of amides is 1. The van der Waals surface area contributed by atoms with Crippen molar-refractivity contribution in [1.82, 2.24) is 5.32 Å². The second-order valence-electron chi connectivity index (χ2n) is 5.11. The summed E-state index contributed by atoms with van der Waals surface area (Å²) >= 11 is 5.90. The van der Waals surface area contributed by atoms with E-state index >= 15 is 0 Å². The number of halogens is 2. The number of nitrogens with zero attached hydrogens (tertiary/aromatic N) is 1. The zero-order chi connectivity index (χ0) is 15.4. The summed E-state index contributed by atoms with van der Waals surface area (Å²) in [6.07, 6.45) is 2.25. The third-order valence-electron chi connectivity index (χ3n) is 3.76. The van der Waals surface area contributed by atoms with Crippen LogP contribution in [-0.4, -0.2) is 23.0 Å². The molecule has 2 unspecified atom stereocenters. The lowest BCUT2D eigenvalue weighted by molar-refractivity contribution is -0.121. The molecule has 0 heterocycles. The van der Waals surface area contributed by atoms with Gasteiger partial charge in [-0.2, -0.15) is 0 Å². The van der Waals surface area contributed by atoms with Crippen molar-refractivity contribution in [3.8, 4) is 0 Å². The number of hydrogen-bond donors (Lipinski definition) is 3. The average molecular weight is 314 g/mol. The number of nitrogens with two attached hydrogens (primary N) is 1. The Kier molecular flexibility index (Phi) is 5.01. The van der Waals surface area contributed by atoms with Crippen LogP contribution in [0.4, 0.5) is 4.39 Å². The molecule has 0 aliphatic heterocycles. The zero-order valence-corrected chi connectivity index (χ0v) is 12.1. The lowest BCUT2D eigenvalue weighted by atomic mass is 10.0. The first kappa shape index (κ1) is 15.6. The Morgan fingerprint density at radius 3 is 2.95 bits per heavy atom. The van der Waals surface area contributed by atoms with Gasteiger partial charge < -0.3 is 16.3 Å². The van der Waals surface area contributed by atoms with Crippen molar-refractivity contribution in [2.24, 2.45) is 16.8 Å². The molecule has 114 valence electrons. The van der Waals surface area contributed by atoms with Gasteiger partial charge in [0.25, 0.3) is 0 Å². The van der Waals surface area contributed by atoms with Crippen molar-refractivity contribution in [1.29, 1.82) is 0 Å². The van der Waals surface area contributed by atoms with E-state index in [4.69, 9.17) is 22.5 Å². The van der Waals surface area contributed by atoms with Gasteiger partial charge in [0.1, 0.15) is 11.7 Å². The first-order chi connectivity index (χ1) is 10.0. The van der Waals surface area contributed by atoms with Crippen molar-refractivity contribution in [2.45, 2.75) is 31.7 Å². The normalized spacial score (nSPS) is 22.3. The van der Waals surface area contributed by atoms with Crippen LogP contribution in [0.15, 0.2) is 23.4 Å². The van der Waals surface area contributed by atoms with Crippen LogP contribution in [0.2, 0.25) is 5.02 Å². The largest absolute Gasteiger partial charge is 0.409 e. The first-order valence-electron chi connectivity index (χ1n) is 6.72. The molecular formula is C14H17ClFN3O2. The standard InChI is InChI=1S/C14H17ClFN3O2/c15-10-4-2-5-11(16)9(10)7-13(20)18-12-6-1-3-8(12)14(17)19-21/h2,4-5,8,12,21H,1,3,6-7H2,(H2,17,19)(H,18,20). The summed E-state index contributed by atoms with van der Waals surface area (Å²) in [6, 6.07) is 4.11. The maximum absolute atomic E-state index is 13.6. The number of oxime groups is 1. The molecular weight excluding hydrogens is 297 g/mol. The van der Waals surface area contributed by atoms with Crippen LogP contribution in [0.3, 0.4) is 0 Å². The molecule has 5 nitrogen and oxygen atoms in total. The Hall–Kier alpha value is -1.82. The van der Waals surface area contributed by atoms with Crippen LogP contribution in [0.25, 0.3) is 0 Å². The second-order valence-corrected chi connectivity index (χ2v) is 5.52. The minimum Gasteiger partial charge on any atom is -0.409 e. The van der Waals surface area contributed by atoms with Crippen LogP contribution in [0.5, 0.6) is 0 Å². The fourth-order valence-corrected chi connectivity index (χ4v) is 2.91. The molecule has 2 rings (SSSR count). The summed E-state index contributed by atoms with van der Waals surface area (Å²) in [5.41, 5.74) is 5.79. The van der Waals surface area contributed by atoms with Gasteiger partial charge in [-0.3, -0.25) is 4.79 Å². The quantitative estimate of drug-likeness (QED) is 0.344. The van der Waals surface area contributed by atoms with E-state index in [1.807, 2.05) is 0 Å². The summed E-state index contributed by atoms with van der Waals surface area (Å²) in [6.45, 7) is 0. The lowest BCUT2D eigenvalue weighted by Gasteiger charge is -2.20.